The summed E-state index contributed by atoms with van der Waals surface area (Å²) in [6, 6.07) is 17.2. The predicted octanol–water partition coefficient (Wildman–Crippen LogP) is 4.02. The molecule has 0 saturated heterocycles. The lowest BCUT2D eigenvalue weighted by Crippen LogP contribution is -2.14. The van der Waals surface area contributed by atoms with E-state index in [2.05, 4.69) is 25.5 Å². The monoisotopic (exact) mass is 328 g/mol. The molecule has 3 rings (SSSR count). The van der Waals surface area contributed by atoms with Crippen LogP contribution in [0, 0.1) is 11.3 Å². The third-order valence-corrected chi connectivity index (χ3v) is 3.19. The topological polar surface area (TPSA) is 103 Å². The molecule has 3 aromatic rings. The second-order valence-electron chi connectivity index (χ2n) is 4.90. The van der Waals surface area contributed by atoms with E-state index in [0.717, 1.165) is 0 Å². The quantitative estimate of drug-likeness (QED) is 0.730. The number of carbonyl (C=O) groups is 1. The summed E-state index contributed by atoms with van der Waals surface area (Å²) in [5, 5.41) is 20.0. The number of aromatic nitrogens is 2. The van der Waals surface area contributed by atoms with Crippen molar-refractivity contribution in [1.82, 2.24) is 9.97 Å². The zero-order chi connectivity index (χ0) is 17.5. The van der Waals surface area contributed by atoms with Crippen LogP contribution in [0.3, 0.4) is 0 Å². The number of anilines is 1. The molecular weight excluding hydrogens is 316 g/mol. The van der Waals surface area contributed by atoms with Gasteiger partial charge in [-0.2, -0.15) is 5.26 Å². The molecule has 1 N–H and O–H groups in total. The van der Waals surface area contributed by atoms with Crippen molar-refractivity contribution in [3.05, 3.63) is 78.2 Å². The zero-order valence-electron chi connectivity index (χ0n) is 13.0. The van der Waals surface area contributed by atoms with Gasteiger partial charge in [0.2, 0.25) is 0 Å². The van der Waals surface area contributed by atoms with Crippen LogP contribution in [0.1, 0.15) is 16.1 Å². The van der Waals surface area contributed by atoms with E-state index in [9.17, 15) is 10.1 Å². The Morgan fingerprint density at radius 3 is 2.48 bits per heavy atom. The summed E-state index contributed by atoms with van der Waals surface area (Å²) >= 11 is 0. The van der Waals surface area contributed by atoms with E-state index in [1.807, 2.05) is 6.07 Å². The molecule has 0 spiro atoms. The minimum atomic E-state index is -0.389. The van der Waals surface area contributed by atoms with Crippen molar-refractivity contribution in [2.24, 2.45) is 10.2 Å². The lowest BCUT2D eigenvalue weighted by atomic mass is 10.1. The molecule has 1 aromatic carbocycles. The molecule has 0 fully saturated rings. The van der Waals surface area contributed by atoms with Crippen LogP contribution in [0.5, 0.6) is 0 Å². The molecule has 0 aliphatic carbocycles. The number of nitriles is 1. The molecule has 1 amide bonds. The second-order valence-corrected chi connectivity index (χ2v) is 4.90. The van der Waals surface area contributed by atoms with Crippen LogP contribution in [-0.4, -0.2) is 15.9 Å². The van der Waals surface area contributed by atoms with Gasteiger partial charge in [-0.3, -0.25) is 9.78 Å². The van der Waals surface area contributed by atoms with Crippen molar-refractivity contribution in [3.63, 3.8) is 0 Å². The first kappa shape index (κ1) is 16.0. The summed E-state index contributed by atoms with van der Waals surface area (Å²) in [5.41, 5.74) is 1.42. The van der Waals surface area contributed by atoms with E-state index < -0.39 is 0 Å². The number of pyridine rings is 2. The van der Waals surface area contributed by atoms with Gasteiger partial charge in [-0.25, -0.2) is 4.98 Å². The molecule has 0 atom stereocenters. The van der Waals surface area contributed by atoms with Gasteiger partial charge in [-0.1, -0.05) is 12.1 Å². The van der Waals surface area contributed by atoms with E-state index in [-0.39, 0.29) is 17.2 Å². The molecule has 0 unspecified atom stereocenters. The van der Waals surface area contributed by atoms with Crippen LogP contribution in [0.2, 0.25) is 0 Å². The Kier molecular flexibility index (Phi) is 4.83. The predicted molar refractivity (Wildman–Crippen MR) is 91.8 cm³/mol. The number of nitrogens with one attached hydrogen (secondary N) is 1. The molecule has 7 nitrogen and oxygen atoms in total. The number of carbonyl (C=O) groups excluding carboxylic acids is 1. The van der Waals surface area contributed by atoms with Crippen LogP contribution in [0.15, 0.2) is 77.2 Å². The summed E-state index contributed by atoms with van der Waals surface area (Å²) in [7, 11) is 0. The van der Waals surface area contributed by atoms with E-state index in [0.29, 0.717) is 17.2 Å². The molecule has 0 bridgehead atoms. The molecule has 2 heterocycles. The Hall–Kier alpha value is -3.92. The van der Waals surface area contributed by atoms with Crippen molar-refractivity contribution in [1.29, 1.82) is 5.26 Å². The van der Waals surface area contributed by atoms with E-state index in [1.54, 1.807) is 60.8 Å². The number of amides is 1. The minimum Gasteiger partial charge on any atom is -0.319 e. The SMILES string of the molecule is N#Cc1cc(/N=N/c2ccccn2)ccc1NC(=O)c1ccccn1. The number of azo groups is 1. The Morgan fingerprint density at radius 1 is 1.00 bits per heavy atom. The molecular formula is C18H12N6O. The summed E-state index contributed by atoms with van der Waals surface area (Å²) < 4.78 is 0. The van der Waals surface area contributed by atoms with Gasteiger partial charge in [-0.05, 0) is 42.5 Å². The smallest absolute Gasteiger partial charge is 0.274 e. The normalized spacial score (nSPS) is 10.4. The maximum absolute atomic E-state index is 12.1. The molecule has 0 radical (unpaired) electrons. The first-order valence-corrected chi connectivity index (χ1v) is 7.35. The fraction of sp³-hybridized carbons (Fsp3) is 0. The van der Waals surface area contributed by atoms with E-state index >= 15 is 0 Å². The molecule has 25 heavy (non-hydrogen) atoms. The van der Waals surface area contributed by atoms with Gasteiger partial charge in [-0.15, -0.1) is 10.2 Å². The third-order valence-electron chi connectivity index (χ3n) is 3.19. The molecule has 0 aliphatic heterocycles. The van der Waals surface area contributed by atoms with Gasteiger partial charge in [0.1, 0.15) is 11.8 Å². The van der Waals surface area contributed by atoms with Crippen LogP contribution in [0.25, 0.3) is 0 Å². The summed E-state index contributed by atoms with van der Waals surface area (Å²) in [4.78, 5) is 20.2. The minimum absolute atomic E-state index is 0.269. The first-order chi connectivity index (χ1) is 12.3. The summed E-state index contributed by atoms with van der Waals surface area (Å²) in [5.74, 6) is 0.0773. The van der Waals surface area contributed by atoms with Crippen LogP contribution < -0.4 is 5.32 Å². The molecule has 0 aliphatic rings. The Bertz CT molecular complexity index is 948. The van der Waals surface area contributed by atoms with Gasteiger partial charge in [0.25, 0.3) is 5.91 Å². The van der Waals surface area contributed by atoms with Crippen molar-refractivity contribution < 1.29 is 4.79 Å². The fourth-order valence-corrected chi connectivity index (χ4v) is 2.00. The van der Waals surface area contributed by atoms with Gasteiger partial charge in [0.15, 0.2) is 5.82 Å². The summed E-state index contributed by atoms with van der Waals surface area (Å²) in [6.45, 7) is 0. The van der Waals surface area contributed by atoms with Crippen molar-refractivity contribution in [2.45, 2.75) is 0 Å². The number of rotatable bonds is 4. The van der Waals surface area contributed by atoms with Gasteiger partial charge in [0, 0.05) is 12.4 Å². The molecule has 7 heteroatoms. The highest BCUT2D eigenvalue weighted by Crippen LogP contribution is 2.23. The highest BCUT2D eigenvalue weighted by Gasteiger charge is 2.10. The maximum atomic E-state index is 12.1. The Balaban J connectivity index is 1.79. The molecule has 0 saturated carbocycles. The highest BCUT2D eigenvalue weighted by molar-refractivity contribution is 6.03. The number of hydrogen-bond acceptors (Lipinski definition) is 6. The van der Waals surface area contributed by atoms with Crippen LogP contribution in [-0.2, 0) is 0 Å². The van der Waals surface area contributed by atoms with Crippen LogP contribution >= 0.6 is 0 Å². The van der Waals surface area contributed by atoms with Gasteiger partial charge < -0.3 is 5.32 Å². The number of hydrogen-bond donors (Lipinski definition) is 1. The first-order valence-electron chi connectivity index (χ1n) is 7.35. The largest absolute Gasteiger partial charge is 0.319 e. The Labute approximate surface area is 143 Å². The molecule has 120 valence electrons. The van der Waals surface area contributed by atoms with E-state index in [4.69, 9.17) is 0 Å². The number of benzene rings is 1. The van der Waals surface area contributed by atoms with Crippen molar-refractivity contribution in [3.8, 4) is 6.07 Å². The Morgan fingerprint density at radius 2 is 1.80 bits per heavy atom. The fourth-order valence-electron chi connectivity index (χ4n) is 2.00. The summed E-state index contributed by atoms with van der Waals surface area (Å²) in [6.07, 6.45) is 3.15. The average Bonchev–Trinajstić information content (AvgIpc) is 2.68. The van der Waals surface area contributed by atoms with E-state index in [1.165, 1.54) is 6.20 Å². The van der Waals surface area contributed by atoms with Gasteiger partial charge >= 0.3 is 0 Å². The van der Waals surface area contributed by atoms with Crippen molar-refractivity contribution in [2.75, 3.05) is 5.32 Å². The standard InChI is InChI=1S/C18H12N6O/c19-12-13-11-14(23-24-17-6-2-4-10-21-17)7-8-15(13)22-18(25)16-5-1-3-9-20-16/h1-11H,(H,22,25)/b24-23+. The second kappa shape index (κ2) is 7.57. The van der Waals surface area contributed by atoms with Crippen molar-refractivity contribution >= 4 is 23.1 Å². The van der Waals surface area contributed by atoms with Crippen LogP contribution in [0.4, 0.5) is 17.2 Å². The average molecular weight is 328 g/mol. The lowest BCUT2D eigenvalue weighted by Gasteiger charge is -2.06. The molecule has 2 aromatic heterocycles. The zero-order valence-corrected chi connectivity index (χ0v) is 13.0. The maximum Gasteiger partial charge on any atom is 0.274 e. The third kappa shape index (κ3) is 4.09. The van der Waals surface area contributed by atoms with Gasteiger partial charge in [0.05, 0.1) is 16.9 Å². The number of nitrogens with zero attached hydrogens (tertiary/aromatic N) is 5. The lowest BCUT2D eigenvalue weighted by molar-refractivity contribution is 0.102. The highest BCUT2D eigenvalue weighted by atomic mass is 16.1.